The van der Waals surface area contributed by atoms with Crippen molar-refractivity contribution in [3.05, 3.63) is 35.9 Å². The first-order valence-corrected chi connectivity index (χ1v) is 15.1. The summed E-state index contributed by atoms with van der Waals surface area (Å²) in [6.45, 7) is 12.2. The van der Waals surface area contributed by atoms with Gasteiger partial charge in [-0.15, -0.1) is 0 Å². The maximum absolute atomic E-state index is 13.7. The average Bonchev–Trinajstić information content (AvgIpc) is 2.98. The van der Waals surface area contributed by atoms with Gasteiger partial charge < -0.3 is 37.2 Å². The normalized spacial score (nSPS) is 17.5. The summed E-state index contributed by atoms with van der Waals surface area (Å²) in [5.74, 6) is -4.78. The summed E-state index contributed by atoms with van der Waals surface area (Å²) in [4.78, 5) is 65.1. The third-order valence-electron chi connectivity index (χ3n) is 8.10. The lowest BCUT2D eigenvalue weighted by molar-refractivity contribution is -0.144. The van der Waals surface area contributed by atoms with Gasteiger partial charge in [-0.1, -0.05) is 91.1 Å². The van der Waals surface area contributed by atoms with Crippen LogP contribution in [0.4, 0.5) is 0 Å². The smallest absolute Gasteiger partial charge is 0.326 e. The second-order valence-corrected chi connectivity index (χ2v) is 11.5. The van der Waals surface area contributed by atoms with Crippen molar-refractivity contribution in [2.75, 3.05) is 0 Å². The summed E-state index contributed by atoms with van der Waals surface area (Å²) in [5.41, 5.74) is 6.52. The number of aliphatic hydroxyl groups is 1. The first kappa shape index (κ1) is 37.5. The average molecular weight is 606 g/mol. The van der Waals surface area contributed by atoms with Crippen LogP contribution in [-0.2, 0) is 30.4 Å². The minimum absolute atomic E-state index is 0.0895. The number of carbonyl (C=O) groups excluding carboxylic acids is 4. The van der Waals surface area contributed by atoms with Crippen LogP contribution in [0.25, 0.3) is 0 Å². The summed E-state index contributed by atoms with van der Waals surface area (Å²) < 4.78 is 0. The van der Waals surface area contributed by atoms with Gasteiger partial charge in [-0.25, -0.2) is 4.79 Å². The number of nitrogens with two attached hydrogens (primary N) is 1. The third kappa shape index (κ3) is 11.6. The molecule has 12 heteroatoms. The number of aliphatic hydroxyl groups excluding tert-OH is 1. The van der Waals surface area contributed by atoms with Gasteiger partial charge in [0.2, 0.25) is 23.6 Å². The molecule has 0 spiro atoms. The highest BCUT2D eigenvalue weighted by Crippen LogP contribution is 2.14. The van der Waals surface area contributed by atoms with E-state index in [2.05, 4.69) is 21.3 Å². The summed E-state index contributed by atoms with van der Waals surface area (Å²) in [5, 5.41) is 30.1. The molecule has 0 fully saturated rings. The highest BCUT2D eigenvalue weighted by atomic mass is 16.4. The lowest BCUT2D eigenvalue weighted by Gasteiger charge is -2.30. The summed E-state index contributed by atoms with van der Waals surface area (Å²) >= 11 is 0. The minimum Gasteiger partial charge on any atom is -0.480 e. The zero-order valence-electron chi connectivity index (χ0n) is 26.4. The molecule has 0 saturated carbocycles. The molecule has 0 heterocycles. The van der Waals surface area contributed by atoms with E-state index in [1.54, 1.807) is 45.0 Å². The number of amides is 4. The van der Waals surface area contributed by atoms with Crippen LogP contribution in [0.5, 0.6) is 0 Å². The van der Waals surface area contributed by atoms with Crippen LogP contribution in [0.2, 0.25) is 0 Å². The van der Waals surface area contributed by atoms with Crippen LogP contribution in [0.3, 0.4) is 0 Å². The number of carboxylic acid groups (broad SMARTS) is 1. The number of carbonyl (C=O) groups is 5. The van der Waals surface area contributed by atoms with Crippen molar-refractivity contribution in [3.8, 4) is 0 Å². The van der Waals surface area contributed by atoms with Gasteiger partial charge in [-0.2, -0.15) is 0 Å². The van der Waals surface area contributed by atoms with E-state index >= 15 is 0 Å². The monoisotopic (exact) mass is 605 g/mol. The lowest BCUT2D eigenvalue weighted by atomic mass is 9.94. The molecular formula is C31H51N5O7. The quantitative estimate of drug-likeness (QED) is 0.129. The van der Waals surface area contributed by atoms with E-state index in [9.17, 15) is 34.2 Å². The van der Waals surface area contributed by atoms with E-state index in [4.69, 9.17) is 5.73 Å². The molecule has 1 aromatic rings. The maximum Gasteiger partial charge on any atom is 0.326 e. The van der Waals surface area contributed by atoms with Crippen molar-refractivity contribution in [1.29, 1.82) is 0 Å². The molecule has 1 aromatic carbocycles. The van der Waals surface area contributed by atoms with E-state index in [1.807, 2.05) is 26.8 Å². The van der Waals surface area contributed by atoms with E-state index in [1.165, 1.54) is 6.92 Å². The number of hydrogen-bond acceptors (Lipinski definition) is 7. The van der Waals surface area contributed by atoms with Crippen molar-refractivity contribution < 1.29 is 34.2 Å². The molecule has 242 valence electrons. The van der Waals surface area contributed by atoms with E-state index in [0.29, 0.717) is 19.3 Å². The maximum atomic E-state index is 13.7. The van der Waals surface area contributed by atoms with Crippen molar-refractivity contribution in [1.82, 2.24) is 21.3 Å². The summed E-state index contributed by atoms with van der Waals surface area (Å²) in [6.07, 6.45) is 0.517. The first-order chi connectivity index (χ1) is 20.2. The number of rotatable bonds is 18. The summed E-state index contributed by atoms with van der Waals surface area (Å²) in [6, 6.07) is 3.38. The molecule has 0 unspecified atom stereocenters. The second-order valence-electron chi connectivity index (χ2n) is 11.5. The van der Waals surface area contributed by atoms with Crippen LogP contribution in [0.15, 0.2) is 30.3 Å². The van der Waals surface area contributed by atoms with Crippen molar-refractivity contribution in [3.63, 3.8) is 0 Å². The Kier molecular flexibility index (Phi) is 15.9. The molecule has 0 aliphatic heterocycles. The van der Waals surface area contributed by atoms with Crippen LogP contribution < -0.4 is 27.0 Å². The van der Waals surface area contributed by atoms with Crippen LogP contribution in [-0.4, -0.2) is 76.1 Å². The predicted molar refractivity (Wildman–Crippen MR) is 164 cm³/mol. The molecule has 9 atom stereocenters. The van der Waals surface area contributed by atoms with Gasteiger partial charge in [-0.05, 0) is 30.2 Å². The van der Waals surface area contributed by atoms with Gasteiger partial charge in [0.25, 0.3) is 0 Å². The molecule has 0 saturated heterocycles. The van der Waals surface area contributed by atoms with Gasteiger partial charge >= 0.3 is 5.97 Å². The molecule has 0 aliphatic rings. The molecule has 0 aliphatic carbocycles. The molecular weight excluding hydrogens is 554 g/mol. The van der Waals surface area contributed by atoms with E-state index in [-0.39, 0.29) is 24.2 Å². The molecule has 4 amide bonds. The Balaban J connectivity index is 3.33. The number of aliphatic carboxylic acids is 1. The van der Waals surface area contributed by atoms with Crippen molar-refractivity contribution in [2.45, 2.75) is 110 Å². The largest absolute Gasteiger partial charge is 0.480 e. The number of carboxylic acids is 1. The fraction of sp³-hybridized carbons (Fsp3) is 0.645. The first-order valence-electron chi connectivity index (χ1n) is 15.1. The van der Waals surface area contributed by atoms with Crippen molar-refractivity contribution in [2.24, 2.45) is 23.5 Å². The van der Waals surface area contributed by atoms with Crippen molar-refractivity contribution >= 4 is 29.6 Å². The van der Waals surface area contributed by atoms with Crippen LogP contribution in [0.1, 0.15) is 73.3 Å². The van der Waals surface area contributed by atoms with E-state index in [0.717, 1.165) is 5.56 Å². The molecule has 1 rings (SSSR count). The van der Waals surface area contributed by atoms with Gasteiger partial charge in [0.05, 0.1) is 6.10 Å². The predicted octanol–water partition coefficient (Wildman–Crippen LogP) is 1.10. The van der Waals surface area contributed by atoms with Crippen LogP contribution >= 0.6 is 0 Å². The fourth-order valence-electron chi connectivity index (χ4n) is 4.37. The van der Waals surface area contributed by atoms with Gasteiger partial charge in [-0.3, -0.25) is 19.2 Å². The number of benzene rings is 1. The number of hydrogen-bond donors (Lipinski definition) is 7. The zero-order chi connectivity index (χ0) is 32.9. The Labute approximate surface area is 254 Å². The molecule has 43 heavy (non-hydrogen) atoms. The van der Waals surface area contributed by atoms with Crippen LogP contribution in [0, 0.1) is 17.8 Å². The fourth-order valence-corrected chi connectivity index (χ4v) is 4.37. The second kappa shape index (κ2) is 18.2. The molecule has 8 N–H and O–H groups in total. The summed E-state index contributed by atoms with van der Waals surface area (Å²) in [7, 11) is 0. The highest BCUT2D eigenvalue weighted by Gasteiger charge is 2.35. The Hall–Kier alpha value is -3.51. The molecule has 0 aromatic heterocycles. The van der Waals surface area contributed by atoms with E-state index < -0.39 is 65.9 Å². The Morgan fingerprint density at radius 1 is 0.674 bits per heavy atom. The molecule has 12 nitrogen and oxygen atoms in total. The van der Waals surface area contributed by atoms with Gasteiger partial charge in [0.15, 0.2) is 0 Å². The SMILES string of the molecule is CC[C@H](C)[C@H](NC(=O)[C@@H](NC(=O)[C@H](Cc1ccccc1)NC(=O)[C@@H](NC(=O)[C@@H](N)[C@@H](C)O)[C@@H](C)CC)[C@@H](C)CC)C(=O)O. The lowest BCUT2D eigenvalue weighted by Crippen LogP contribution is -2.61. The topological polar surface area (TPSA) is 200 Å². The number of nitrogens with one attached hydrogen (secondary N) is 4. The minimum atomic E-state index is -1.25. The zero-order valence-corrected chi connectivity index (χ0v) is 26.4. The van der Waals surface area contributed by atoms with Gasteiger partial charge in [0, 0.05) is 6.42 Å². The Morgan fingerprint density at radius 3 is 1.53 bits per heavy atom. The molecule has 0 radical (unpaired) electrons. The highest BCUT2D eigenvalue weighted by molar-refractivity contribution is 5.95. The van der Waals surface area contributed by atoms with Gasteiger partial charge in [0.1, 0.15) is 30.2 Å². The Morgan fingerprint density at radius 2 is 1.09 bits per heavy atom. The third-order valence-corrected chi connectivity index (χ3v) is 8.10. The molecule has 0 bridgehead atoms. The Bertz CT molecular complexity index is 1070. The standard InChI is InChI=1S/C31H51N5O7/c1-8-17(4)24(35-28(39)23(32)20(7)37)29(40)33-22(16-21-14-12-11-13-15-21)27(38)34-25(18(5)9-2)30(41)36-26(31(42)43)19(6)10-3/h11-15,17-20,22-26,37H,8-10,16,32H2,1-7H3,(H,33,40)(H,34,38)(H,35,39)(H,36,41)(H,42,43)/t17-,18-,19-,20+,22-,23-,24-,25-,26-/m0/s1.